The molecule has 1 saturated heterocycles. The summed E-state index contributed by atoms with van der Waals surface area (Å²) in [5, 5.41) is 0. The van der Waals surface area contributed by atoms with E-state index in [1.54, 1.807) is 14.2 Å². The van der Waals surface area contributed by atoms with Gasteiger partial charge in [-0.15, -0.1) is 0 Å². The van der Waals surface area contributed by atoms with Crippen LogP contribution in [-0.4, -0.2) is 26.4 Å². The summed E-state index contributed by atoms with van der Waals surface area (Å²) in [5.74, 6) is 2.06. The number of hydrogen-bond acceptors (Lipinski definition) is 4. The molecule has 1 aliphatic heterocycles. The van der Waals surface area contributed by atoms with E-state index < -0.39 is 0 Å². The molecule has 2 unspecified atom stereocenters. The second kappa shape index (κ2) is 5.85. The second-order valence-electron chi connectivity index (χ2n) is 6.31. The molecule has 0 aromatic heterocycles. The number of nitrogens with two attached hydrogens (primary N) is 1. The maximum Gasteiger partial charge on any atom is 0.122 e. The molecule has 2 aliphatic rings. The molecule has 1 spiro atoms. The molecular weight excluding hydrogens is 266 g/mol. The molecule has 4 nitrogen and oxygen atoms in total. The third-order valence-corrected chi connectivity index (χ3v) is 5.06. The van der Waals surface area contributed by atoms with Gasteiger partial charge in [-0.1, -0.05) is 0 Å². The predicted molar refractivity (Wildman–Crippen MR) is 81.7 cm³/mol. The number of methoxy groups -OCH3 is 2. The van der Waals surface area contributed by atoms with Gasteiger partial charge in [0.15, 0.2) is 0 Å². The van der Waals surface area contributed by atoms with E-state index in [2.05, 4.69) is 0 Å². The maximum atomic E-state index is 6.55. The average Bonchev–Trinajstić information content (AvgIpc) is 2.52. The Kier molecular flexibility index (Phi) is 4.09. The molecule has 116 valence electrons. The van der Waals surface area contributed by atoms with Crippen LogP contribution in [0, 0.1) is 5.92 Å². The van der Waals surface area contributed by atoms with Crippen LogP contribution in [0.15, 0.2) is 18.2 Å². The zero-order chi connectivity index (χ0) is 14.9. The van der Waals surface area contributed by atoms with Crippen LogP contribution in [0.5, 0.6) is 11.5 Å². The SMILES string of the molecule is COc1cc(OC)cc(C(N)C2CCOC3(CCC3)C2)c1. The third kappa shape index (κ3) is 2.87. The molecule has 0 radical (unpaired) electrons. The molecular formula is C17H25NO3. The van der Waals surface area contributed by atoms with Crippen LogP contribution < -0.4 is 15.2 Å². The zero-order valence-corrected chi connectivity index (χ0v) is 12.9. The first-order valence-corrected chi connectivity index (χ1v) is 7.78. The van der Waals surface area contributed by atoms with E-state index in [0.29, 0.717) is 5.92 Å². The van der Waals surface area contributed by atoms with Crippen molar-refractivity contribution in [2.75, 3.05) is 20.8 Å². The Bertz CT molecular complexity index is 477. The van der Waals surface area contributed by atoms with Gasteiger partial charge in [0.05, 0.1) is 19.8 Å². The standard InChI is InChI=1S/C17H25NO3/c1-19-14-8-13(9-15(10-14)20-2)16(18)12-4-7-21-17(11-12)5-3-6-17/h8-10,12,16H,3-7,11,18H2,1-2H3. The molecule has 1 saturated carbocycles. The highest BCUT2D eigenvalue weighted by atomic mass is 16.5. The number of ether oxygens (including phenoxy) is 3. The molecule has 4 heteroatoms. The lowest BCUT2D eigenvalue weighted by atomic mass is 9.70. The first-order chi connectivity index (χ1) is 10.2. The van der Waals surface area contributed by atoms with E-state index in [1.165, 1.54) is 19.3 Å². The van der Waals surface area contributed by atoms with Crippen molar-refractivity contribution in [2.24, 2.45) is 11.7 Å². The van der Waals surface area contributed by atoms with Crippen LogP contribution in [-0.2, 0) is 4.74 Å². The lowest BCUT2D eigenvalue weighted by Gasteiger charge is -2.48. The minimum atomic E-state index is 0.00961. The van der Waals surface area contributed by atoms with Crippen molar-refractivity contribution in [2.45, 2.75) is 43.7 Å². The van der Waals surface area contributed by atoms with E-state index in [9.17, 15) is 0 Å². The summed E-state index contributed by atoms with van der Waals surface area (Å²) in [6.45, 7) is 0.833. The minimum absolute atomic E-state index is 0.00961. The Labute approximate surface area is 126 Å². The van der Waals surface area contributed by atoms with Crippen LogP contribution in [0.2, 0.25) is 0 Å². The van der Waals surface area contributed by atoms with Crippen molar-refractivity contribution in [3.05, 3.63) is 23.8 Å². The Morgan fingerprint density at radius 3 is 2.38 bits per heavy atom. The lowest BCUT2D eigenvalue weighted by molar-refractivity contribution is -0.146. The molecule has 1 aromatic carbocycles. The Balaban J connectivity index is 1.79. The molecule has 3 rings (SSSR count). The van der Waals surface area contributed by atoms with Gasteiger partial charge in [0, 0.05) is 18.7 Å². The fraction of sp³-hybridized carbons (Fsp3) is 0.647. The maximum absolute atomic E-state index is 6.55. The Morgan fingerprint density at radius 2 is 1.86 bits per heavy atom. The molecule has 0 amide bonds. The first-order valence-electron chi connectivity index (χ1n) is 7.78. The molecule has 1 heterocycles. The van der Waals surface area contributed by atoms with Gasteiger partial charge in [-0.2, -0.15) is 0 Å². The van der Waals surface area contributed by atoms with E-state index in [1.807, 2.05) is 18.2 Å². The second-order valence-corrected chi connectivity index (χ2v) is 6.31. The topological polar surface area (TPSA) is 53.7 Å². The van der Waals surface area contributed by atoms with Gasteiger partial charge in [-0.25, -0.2) is 0 Å². The summed E-state index contributed by atoms with van der Waals surface area (Å²) in [6.07, 6.45) is 5.78. The fourth-order valence-corrected chi connectivity index (χ4v) is 3.59. The highest BCUT2D eigenvalue weighted by molar-refractivity contribution is 5.40. The molecule has 1 aliphatic carbocycles. The van der Waals surface area contributed by atoms with Crippen molar-refractivity contribution >= 4 is 0 Å². The smallest absolute Gasteiger partial charge is 0.122 e. The van der Waals surface area contributed by atoms with Gasteiger partial charge in [0.2, 0.25) is 0 Å². The van der Waals surface area contributed by atoms with Gasteiger partial charge in [0.25, 0.3) is 0 Å². The van der Waals surface area contributed by atoms with Crippen molar-refractivity contribution < 1.29 is 14.2 Å². The van der Waals surface area contributed by atoms with Gasteiger partial charge in [0.1, 0.15) is 11.5 Å². The minimum Gasteiger partial charge on any atom is -0.497 e. The molecule has 1 aromatic rings. The number of hydrogen-bond donors (Lipinski definition) is 1. The van der Waals surface area contributed by atoms with Crippen LogP contribution in [0.4, 0.5) is 0 Å². The third-order valence-electron chi connectivity index (χ3n) is 5.06. The Hall–Kier alpha value is -1.26. The first kappa shape index (κ1) is 14.7. The Morgan fingerprint density at radius 1 is 1.19 bits per heavy atom. The van der Waals surface area contributed by atoms with Crippen molar-refractivity contribution in [3.63, 3.8) is 0 Å². The van der Waals surface area contributed by atoms with E-state index in [4.69, 9.17) is 19.9 Å². The average molecular weight is 291 g/mol. The largest absolute Gasteiger partial charge is 0.497 e. The van der Waals surface area contributed by atoms with Crippen LogP contribution in [0.3, 0.4) is 0 Å². The number of benzene rings is 1. The quantitative estimate of drug-likeness (QED) is 0.926. The van der Waals surface area contributed by atoms with Crippen LogP contribution in [0.25, 0.3) is 0 Å². The number of rotatable bonds is 4. The summed E-state index contributed by atoms with van der Waals surface area (Å²) in [7, 11) is 3.34. The highest BCUT2D eigenvalue weighted by Crippen LogP contribution is 2.47. The molecule has 21 heavy (non-hydrogen) atoms. The van der Waals surface area contributed by atoms with Crippen molar-refractivity contribution in [1.29, 1.82) is 0 Å². The van der Waals surface area contributed by atoms with Crippen molar-refractivity contribution in [3.8, 4) is 11.5 Å². The molecule has 2 fully saturated rings. The van der Waals surface area contributed by atoms with Gasteiger partial charge in [-0.05, 0) is 55.7 Å². The summed E-state index contributed by atoms with van der Waals surface area (Å²) in [5.41, 5.74) is 7.77. The molecule has 2 atom stereocenters. The summed E-state index contributed by atoms with van der Waals surface area (Å²) < 4.78 is 16.7. The van der Waals surface area contributed by atoms with Crippen LogP contribution >= 0.6 is 0 Å². The summed E-state index contributed by atoms with van der Waals surface area (Å²) >= 11 is 0. The highest BCUT2D eigenvalue weighted by Gasteiger charge is 2.44. The van der Waals surface area contributed by atoms with E-state index >= 15 is 0 Å². The predicted octanol–water partition coefficient (Wildman–Crippen LogP) is 3.05. The van der Waals surface area contributed by atoms with Crippen LogP contribution in [0.1, 0.15) is 43.7 Å². The lowest BCUT2D eigenvalue weighted by Crippen LogP contribution is -2.47. The fourth-order valence-electron chi connectivity index (χ4n) is 3.59. The normalized spacial score (nSPS) is 25.2. The van der Waals surface area contributed by atoms with Gasteiger partial charge in [-0.3, -0.25) is 0 Å². The van der Waals surface area contributed by atoms with E-state index in [0.717, 1.165) is 36.5 Å². The van der Waals surface area contributed by atoms with Crippen molar-refractivity contribution in [1.82, 2.24) is 0 Å². The zero-order valence-electron chi connectivity index (χ0n) is 12.9. The summed E-state index contributed by atoms with van der Waals surface area (Å²) in [4.78, 5) is 0. The summed E-state index contributed by atoms with van der Waals surface area (Å²) in [6, 6.07) is 5.94. The van der Waals surface area contributed by atoms with Gasteiger partial charge < -0.3 is 19.9 Å². The van der Waals surface area contributed by atoms with Gasteiger partial charge >= 0.3 is 0 Å². The molecule has 0 bridgehead atoms. The monoisotopic (exact) mass is 291 g/mol. The molecule has 2 N–H and O–H groups in total. The van der Waals surface area contributed by atoms with E-state index in [-0.39, 0.29) is 11.6 Å².